The Kier molecular flexibility index (Phi) is 11.2. The van der Waals surface area contributed by atoms with Crippen molar-refractivity contribution in [3.05, 3.63) is 168 Å². The standard InChI is InChI=1S/C48H52N2/c1-6-8-13-37-17-27-43(28-18-37)49(42-15-11-10-12-16-42)45-31-21-39(22-32-45)40-23-33-46(34-24-40)50(44-29-19-38(20-30-44)14-9-7-2)47-35-25-41(26-36-47)48(3,4)5/h10-12,15-36H,6-9,13-14H2,1-5H3. The number of hydrogen-bond donors (Lipinski definition) is 0. The highest BCUT2D eigenvalue weighted by Gasteiger charge is 2.17. The summed E-state index contributed by atoms with van der Waals surface area (Å²) in [6, 6.07) is 55.9. The predicted octanol–water partition coefficient (Wildman–Crippen LogP) is 14.3. The number of hydrogen-bond acceptors (Lipinski definition) is 2. The Morgan fingerprint density at radius 2 is 0.700 bits per heavy atom. The van der Waals surface area contributed by atoms with Crippen molar-refractivity contribution in [1.82, 2.24) is 0 Å². The van der Waals surface area contributed by atoms with Gasteiger partial charge in [0, 0.05) is 34.1 Å². The van der Waals surface area contributed by atoms with Crippen molar-refractivity contribution >= 4 is 34.1 Å². The van der Waals surface area contributed by atoms with Crippen LogP contribution in [0.5, 0.6) is 0 Å². The topological polar surface area (TPSA) is 6.48 Å². The van der Waals surface area contributed by atoms with Crippen LogP contribution in [-0.2, 0) is 18.3 Å². The molecule has 0 saturated carbocycles. The van der Waals surface area contributed by atoms with Gasteiger partial charge in [-0.1, -0.05) is 126 Å². The van der Waals surface area contributed by atoms with Crippen LogP contribution >= 0.6 is 0 Å². The number of nitrogens with zero attached hydrogens (tertiary/aromatic N) is 2. The fourth-order valence-electron chi connectivity index (χ4n) is 6.57. The van der Waals surface area contributed by atoms with Gasteiger partial charge in [0.05, 0.1) is 0 Å². The van der Waals surface area contributed by atoms with Crippen LogP contribution in [0.15, 0.2) is 152 Å². The van der Waals surface area contributed by atoms with Crippen LogP contribution < -0.4 is 9.80 Å². The second-order valence-corrected chi connectivity index (χ2v) is 14.4. The quantitative estimate of drug-likeness (QED) is 0.122. The summed E-state index contributed by atoms with van der Waals surface area (Å²) in [5, 5.41) is 0. The van der Waals surface area contributed by atoms with Gasteiger partial charge in [-0.15, -0.1) is 0 Å². The molecule has 0 radical (unpaired) electrons. The zero-order valence-corrected chi connectivity index (χ0v) is 30.6. The van der Waals surface area contributed by atoms with Gasteiger partial charge in [-0.05, 0) is 132 Å². The Balaban J connectivity index is 1.28. The molecule has 0 atom stereocenters. The molecule has 0 aliphatic carbocycles. The first-order chi connectivity index (χ1) is 24.3. The van der Waals surface area contributed by atoms with Crippen LogP contribution in [0.4, 0.5) is 34.1 Å². The molecular weight excluding hydrogens is 605 g/mol. The Labute approximate surface area is 301 Å². The number of rotatable bonds is 13. The molecule has 6 rings (SSSR count). The molecule has 0 aliphatic heterocycles. The Hall–Kier alpha value is -5.08. The van der Waals surface area contributed by atoms with E-state index in [1.807, 2.05) is 0 Å². The van der Waals surface area contributed by atoms with Crippen LogP contribution in [0.2, 0.25) is 0 Å². The first kappa shape index (κ1) is 34.8. The molecule has 0 fully saturated rings. The van der Waals surface area contributed by atoms with Crippen molar-refractivity contribution in [2.24, 2.45) is 0 Å². The summed E-state index contributed by atoms with van der Waals surface area (Å²) in [4.78, 5) is 4.71. The lowest BCUT2D eigenvalue weighted by atomic mass is 9.87. The third-order valence-corrected chi connectivity index (χ3v) is 9.62. The van der Waals surface area contributed by atoms with Gasteiger partial charge in [0.1, 0.15) is 0 Å². The fraction of sp³-hybridized carbons (Fsp3) is 0.250. The third kappa shape index (κ3) is 8.37. The van der Waals surface area contributed by atoms with E-state index < -0.39 is 0 Å². The summed E-state index contributed by atoms with van der Waals surface area (Å²) in [5.74, 6) is 0. The fourth-order valence-corrected chi connectivity index (χ4v) is 6.57. The van der Waals surface area contributed by atoms with Crippen LogP contribution in [0.25, 0.3) is 11.1 Å². The molecule has 254 valence electrons. The summed E-state index contributed by atoms with van der Waals surface area (Å²) >= 11 is 0. The van der Waals surface area contributed by atoms with Gasteiger partial charge in [0.15, 0.2) is 0 Å². The molecule has 0 amide bonds. The summed E-state index contributed by atoms with van der Waals surface area (Å²) in [6.45, 7) is 11.3. The van der Waals surface area contributed by atoms with E-state index >= 15 is 0 Å². The van der Waals surface area contributed by atoms with Crippen LogP contribution in [-0.4, -0.2) is 0 Å². The Bertz CT molecular complexity index is 1900. The minimum Gasteiger partial charge on any atom is -0.311 e. The Morgan fingerprint density at radius 1 is 0.380 bits per heavy atom. The van der Waals surface area contributed by atoms with E-state index in [4.69, 9.17) is 0 Å². The average molecular weight is 657 g/mol. The van der Waals surface area contributed by atoms with E-state index in [0.29, 0.717) is 0 Å². The van der Waals surface area contributed by atoms with Crippen LogP contribution in [0.1, 0.15) is 77.0 Å². The zero-order chi connectivity index (χ0) is 34.9. The first-order valence-corrected chi connectivity index (χ1v) is 18.5. The highest BCUT2D eigenvalue weighted by Crippen LogP contribution is 2.39. The third-order valence-electron chi connectivity index (χ3n) is 9.62. The van der Waals surface area contributed by atoms with Gasteiger partial charge < -0.3 is 9.80 Å². The molecule has 0 unspecified atom stereocenters. The molecular formula is C48H52N2. The van der Waals surface area contributed by atoms with E-state index in [1.165, 1.54) is 64.9 Å². The van der Waals surface area contributed by atoms with Crippen molar-refractivity contribution in [1.29, 1.82) is 0 Å². The largest absolute Gasteiger partial charge is 0.311 e. The molecule has 0 N–H and O–H groups in total. The van der Waals surface area contributed by atoms with Crippen LogP contribution in [0.3, 0.4) is 0 Å². The maximum atomic E-state index is 2.37. The summed E-state index contributed by atoms with van der Waals surface area (Å²) in [5.41, 5.74) is 13.6. The molecule has 2 nitrogen and oxygen atoms in total. The van der Waals surface area contributed by atoms with Crippen LogP contribution in [0, 0.1) is 0 Å². The number of para-hydroxylation sites is 1. The molecule has 0 heterocycles. The predicted molar refractivity (Wildman–Crippen MR) is 217 cm³/mol. The number of aryl methyl sites for hydroxylation is 2. The van der Waals surface area contributed by atoms with E-state index in [1.54, 1.807) is 0 Å². The molecule has 6 aromatic carbocycles. The summed E-state index contributed by atoms with van der Waals surface area (Å²) in [6.07, 6.45) is 7.11. The lowest BCUT2D eigenvalue weighted by molar-refractivity contribution is 0.590. The second kappa shape index (κ2) is 16.1. The minimum atomic E-state index is 0.110. The molecule has 50 heavy (non-hydrogen) atoms. The monoisotopic (exact) mass is 656 g/mol. The highest BCUT2D eigenvalue weighted by molar-refractivity contribution is 5.80. The van der Waals surface area contributed by atoms with E-state index in [9.17, 15) is 0 Å². The number of anilines is 6. The lowest BCUT2D eigenvalue weighted by Gasteiger charge is -2.27. The molecule has 0 spiro atoms. The minimum absolute atomic E-state index is 0.110. The molecule has 0 saturated heterocycles. The molecule has 2 heteroatoms. The SMILES string of the molecule is CCCCc1ccc(N(c2ccccc2)c2ccc(-c3ccc(N(c4ccc(CCCC)cc4)c4ccc(C(C)(C)C)cc4)cc3)cc2)cc1. The van der Waals surface area contributed by atoms with Crippen molar-refractivity contribution in [3.8, 4) is 11.1 Å². The van der Waals surface area contributed by atoms with Gasteiger partial charge in [0.2, 0.25) is 0 Å². The maximum absolute atomic E-state index is 2.37. The van der Waals surface area contributed by atoms with Gasteiger partial charge >= 0.3 is 0 Å². The molecule has 0 bridgehead atoms. The second-order valence-electron chi connectivity index (χ2n) is 14.4. The van der Waals surface area contributed by atoms with E-state index in [-0.39, 0.29) is 5.41 Å². The average Bonchev–Trinajstić information content (AvgIpc) is 3.15. The highest BCUT2D eigenvalue weighted by atomic mass is 15.1. The summed E-state index contributed by atoms with van der Waals surface area (Å²) < 4.78 is 0. The molecule has 0 aliphatic rings. The Morgan fingerprint density at radius 3 is 1.04 bits per heavy atom. The lowest BCUT2D eigenvalue weighted by Crippen LogP contribution is -2.13. The van der Waals surface area contributed by atoms with Gasteiger partial charge in [-0.2, -0.15) is 0 Å². The van der Waals surface area contributed by atoms with Gasteiger partial charge in [0.25, 0.3) is 0 Å². The van der Waals surface area contributed by atoms with Crippen molar-refractivity contribution in [3.63, 3.8) is 0 Å². The van der Waals surface area contributed by atoms with Gasteiger partial charge in [-0.25, -0.2) is 0 Å². The van der Waals surface area contributed by atoms with Crippen molar-refractivity contribution < 1.29 is 0 Å². The maximum Gasteiger partial charge on any atom is 0.0462 e. The molecule has 6 aromatic rings. The zero-order valence-electron chi connectivity index (χ0n) is 30.6. The number of benzene rings is 6. The normalized spacial score (nSPS) is 11.4. The number of unbranched alkanes of at least 4 members (excludes halogenated alkanes) is 2. The molecule has 0 aromatic heterocycles. The van der Waals surface area contributed by atoms with E-state index in [2.05, 4.69) is 196 Å². The van der Waals surface area contributed by atoms with Gasteiger partial charge in [-0.3, -0.25) is 0 Å². The van der Waals surface area contributed by atoms with E-state index in [0.717, 1.165) is 35.6 Å². The summed E-state index contributed by atoms with van der Waals surface area (Å²) in [7, 11) is 0. The smallest absolute Gasteiger partial charge is 0.0462 e. The van der Waals surface area contributed by atoms with Crippen molar-refractivity contribution in [2.75, 3.05) is 9.80 Å². The van der Waals surface area contributed by atoms with Crippen molar-refractivity contribution in [2.45, 2.75) is 78.6 Å². The first-order valence-electron chi connectivity index (χ1n) is 18.5.